The van der Waals surface area contributed by atoms with E-state index in [1.54, 1.807) is 0 Å². The summed E-state index contributed by atoms with van der Waals surface area (Å²) >= 11 is 0. The van der Waals surface area contributed by atoms with Crippen LogP contribution in [0.25, 0.3) is 0 Å². The van der Waals surface area contributed by atoms with Crippen molar-refractivity contribution in [2.75, 3.05) is 19.5 Å². The number of hydrogen-bond acceptors (Lipinski definition) is 6. The Bertz CT molecular complexity index is 618. The number of carbonyl (C=O) groups is 2. The third-order valence-corrected chi connectivity index (χ3v) is 2.64. The number of carbonyl (C=O) groups excluding carboxylic acids is 1. The molecule has 1 aromatic heterocycles. The van der Waals surface area contributed by atoms with Crippen LogP contribution in [0.2, 0.25) is 0 Å². The van der Waals surface area contributed by atoms with E-state index in [0.717, 1.165) is 4.57 Å². The molecule has 2 rings (SSSR count). The molecule has 0 atom stereocenters. The summed E-state index contributed by atoms with van der Waals surface area (Å²) in [6.07, 6.45) is 0. The summed E-state index contributed by atoms with van der Waals surface area (Å²) in [5.74, 6) is -2.89. The Morgan fingerprint density at radius 1 is 1.44 bits per heavy atom. The van der Waals surface area contributed by atoms with E-state index in [2.05, 4.69) is 10.4 Å². The Hall–Kier alpha value is -2.42. The standard InChI is InChI=1S/C9H10N4O5/c1-13(2)4(14)3-12-7(16)6(15)5(8(17)18)10-9(12)11-13/h3H2,1-2H3,(H2-,10,11,15,16,17,18)/p+1. The Kier molecular flexibility index (Phi) is 2.37. The number of quaternary nitrogens is 1. The number of fused-ring (bicyclic) bond motifs is 1. The number of carboxylic acid groups (broad SMARTS) is 1. The highest BCUT2D eigenvalue weighted by molar-refractivity contribution is 5.88. The molecule has 9 nitrogen and oxygen atoms in total. The lowest BCUT2D eigenvalue weighted by Crippen LogP contribution is -2.57. The first-order chi connectivity index (χ1) is 8.24. The third kappa shape index (κ3) is 1.61. The molecule has 1 aliphatic heterocycles. The minimum absolute atomic E-state index is 0.0696. The van der Waals surface area contributed by atoms with Crippen molar-refractivity contribution in [2.45, 2.75) is 6.54 Å². The fourth-order valence-corrected chi connectivity index (χ4v) is 1.55. The van der Waals surface area contributed by atoms with Crippen LogP contribution in [0.15, 0.2) is 4.79 Å². The predicted octanol–water partition coefficient (Wildman–Crippen LogP) is -1.41. The van der Waals surface area contributed by atoms with Crippen molar-refractivity contribution < 1.29 is 24.4 Å². The zero-order chi connectivity index (χ0) is 13.7. The lowest BCUT2D eigenvalue weighted by molar-refractivity contribution is -0.793. The molecule has 3 N–H and O–H groups in total. The molecule has 0 spiro atoms. The lowest BCUT2D eigenvalue weighted by Gasteiger charge is -2.32. The summed E-state index contributed by atoms with van der Waals surface area (Å²) in [7, 11) is 3.07. The maximum Gasteiger partial charge on any atom is 0.358 e. The van der Waals surface area contributed by atoms with Crippen molar-refractivity contribution in [2.24, 2.45) is 0 Å². The monoisotopic (exact) mass is 255 g/mol. The number of aromatic carboxylic acids is 1. The van der Waals surface area contributed by atoms with Crippen LogP contribution in [0, 0.1) is 0 Å². The highest BCUT2D eigenvalue weighted by Gasteiger charge is 2.36. The van der Waals surface area contributed by atoms with E-state index < -0.39 is 23.0 Å². The van der Waals surface area contributed by atoms with Gasteiger partial charge in [-0.1, -0.05) is 0 Å². The summed E-state index contributed by atoms with van der Waals surface area (Å²) < 4.78 is 0.629. The molecule has 0 bridgehead atoms. The maximum atomic E-state index is 11.7. The Morgan fingerprint density at radius 2 is 2.06 bits per heavy atom. The zero-order valence-corrected chi connectivity index (χ0v) is 9.67. The average molecular weight is 255 g/mol. The van der Waals surface area contributed by atoms with Crippen molar-refractivity contribution in [3.05, 3.63) is 16.0 Å². The van der Waals surface area contributed by atoms with E-state index in [9.17, 15) is 19.5 Å². The smallest absolute Gasteiger partial charge is 0.358 e. The number of hydrogen-bond donors (Lipinski definition) is 3. The van der Waals surface area contributed by atoms with Gasteiger partial charge in [-0.05, 0) is 0 Å². The molecule has 0 fully saturated rings. The van der Waals surface area contributed by atoms with E-state index in [-0.39, 0.29) is 23.0 Å². The van der Waals surface area contributed by atoms with Crippen molar-refractivity contribution in [3.8, 4) is 5.75 Å². The Labute approximate surface area is 100 Å². The zero-order valence-electron chi connectivity index (χ0n) is 9.67. The second-order valence-corrected chi connectivity index (χ2v) is 4.29. The molecule has 0 saturated heterocycles. The Morgan fingerprint density at radius 3 is 2.61 bits per heavy atom. The topological polar surface area (TPSA) is 122 Å². The first kappa shape index (κ1) is 12.0. The molecule has 18 heavy (non-hydrogen) atoms. The van der Waals surface area contributed by atoms with E-state index in [0.29, 0.717) is 0 Å². The number of aromatic hydroxyl groups is 1. The number of carboxylic acids is 1. The molecular formula is C9H11N4O5+. The van der Waals surface area contributed by atoms with Crippen LogP contribution in [0.5, 0.6) is 5.75 Å². The number of amides is 1. The summed E-state index contributed by atoms with van der Waals surface area (Å²) in [5, 5.41) is 18.2. The van der Waals surface area contributed by atoms with Crippen LogP contribution in [-0.4, -0.2) is 50.3 Å². The second kappa shape index (κ2) is 3.53. The molecular weight excluding hydrogens is 244 g/mol. The minimum Gasteiger partial charge on any atom is -0.501 e. The summed E-state index contributed by atoms with van der Waals surface area (Å²) in [6.45, 7) is -0.283. The molecule has 1 aromatic rings. The summed E-state index contributed by atoms with van der Waals surface area (Å²) in [6, 6.07) is 0. The van der Waals surface area contributed by atoms with Crippen LogP contribution < -0.4 is 11.0 Å². The molecule has 0 saturated carbocycles. The number of anilines is 1. The van der Waals surface area contributed by atoms with Crippen molar-refractivity contribution in [1.29, 1.82) is 0 Å². The van der Waals surface area contributed by atoms with Gasteiger partial charge in [0.1, 0.15) is 6.54 Å². The van der Waals surface area contributed by atoms with Gasteiger partial charge in [-0.25, -0.2) is 9.59 Å². The quantitative estimate of drug-likeness (QED) is 0.527. The molecule has 2 heterocycles. The van der Waals surface area contributed by atoms with Gasteiger partial charge in [-0.3, -0.25) is 9.36 Å². The van der Waals surface area contributed by atoms with Gasteiger partial charge in [0.15, 0.2) is 5.69 Å². The summed E-state index contributed by atoms with van der Waals surface area (Å²) in [4.78, 5) is 37.8. The van der Waals surface area contributed by atoms with Crippen molar-refractivity contribution in [3.63, 3.8) is 0 Å². The minimum atomic E-state index is -1.52. The van der Waals surface area contributed by atoms with Gasteiger partial charge >= 0.3 is 11.9 Å². The van der Waals surface area contributed by atoms with Crippen LogP contribution >= 0.6 is 0 Å². The predicted molar refractivity (Wildman–Crippen MR) is 57.9 cm³/mol. The van der Waals surface area contributed by atoms with Crippen LogP contribution in [-0.2, 0) is 11.3 Å². The lowest BCUT2D eigenvalue weighted by atomic mass is 10.3. The fourth-order valence-electron chi connectivity index (χ4n) is 1.55. The van der Waals surface area contributed by atoms with Crippen LogP contribution in [0.4, 0.5) is 5.95 Å². The first-order valence-corrected chi connectivity index (χ1v) is 4.97. The second-order valence-electron chi connectivity index (χ2n) is 4.29. The largest absolute Gasteiger partial charge is 0.501 e. The van der Waals surface area contributed by atoms with Gasteiger partial charge < -0.3 is 10.2 Å². The molecule has 0 aromatic carbocycles. The highest BCUT2D eigenvalue weighted by atomic mass is 16.4. The maximum absolute atomic E-state index is 11.7. The molecule has 1 amide bonds. The van der Waals surface area contributed by atoms with Crippen LogP contribution in [0.3, 0.4) is 0 Å². The van der Waals surface area contributed by atoms with Gasteiger partial charge in [0.25, 0.3) is 11.5 Å². The number of nitrogens with zero attached hydrogens (tertiary/aromatic N) is 3. The van der Waals surface area contributed by atoms with E-state index in [1.807, 2.05) is 0 Å². The molecule has 0 radical (unpaired) electrons. The van der Waals surface area contributed by atoms with Gasteiger partial charge in [-0.2, -0.15) is 15.0 Å². The molecule has 0 unspecified atom stereocenters. The van der Waals surface area contributed by atoms with Gasteiger partial charge in [0.05, 0.1) is 14.1 Å². The van der Waals surface area contributed by atoms with Gasteiger partial charge in [-0.15, -0.1) is 0 Å². The average Bonchev–Trinajstić information content (AvgIpc) is 2.26. The van der Waals surface area contributed by atoms with E-state index >= 15 is 0 Å². The molecule has 1 aliphatic rings. The fraction of sp³-hybridized carbons (Fsp3) is 0.333. The third-order valence-electron chi connectivity index (χ3n) is 2.64. The number of likely N-dealkylation sites (N-methyl/N-ethyl adjacent to an activating group) is 1. The summed E-state index contributed by atoms with van der Waals surface area (Å²) in [5.41, 5.74) is 0.912. The van der Waals surface area contributed by atoms with Crippen LogP contribution in [0.1, 0.15) is 10.5 Å². The van der Waals surface area contributed by atoms with E-state index in [4.69, 9.17) is 5.11 Å². The number of aromatic nitrogens is 2. The molecule has 9 heteroatoms. The highest BCUT2D eigenvalue weighted by Crippen LogP contribution is 2.18. The van der Waals surface area contributed by atoms with E-state index in [1.165, 1.54) is 14.1 Å². The SMILES string of the molecule is C[N+]1(C)Nc2nc(C(=O)O)c(O)c(=O)n2CC1=O. The number of rotatable bonds is 1. The van der Waals surface area contributed by atoms with Crippen molar-refractivity contribution in [1.82, 2.24) is 9.55 Å². The normalized spacial score (nSPS) is 16.9. The van der Waals surface area contributed by atoms with Gasteiger partial charge in [0, 0.05) is 0 Å². The molecule has 0 aliphatic carbocycles. The van der Waals surface area contributed by atoms with Gasteiger partial charge in [0.2, 0.25) is 5.75 Å². The van der Waals surface area contributed by atoms with Crippen molar-refractivity contribution >= 4 is 17.8 Å². The Balaban J connectivity index is 2.69. The number of nitrogens with one attached hydrogen (secondary N) is 1. The molecule has 96 valence electrons. The first-order valence-electron chi connectivity index (χ1n) is 4.97.